The average Bonchev–Trinajstić information content (AvgIpc) is 2.88. The van der Waals surface area contributed by atoms with Gasteiger partial charge in [-0.1, -0.05) is 66.7 Å². The van der Waals surface area contributed by atoms with Crippen molar-refractivity contribution in [2.75, 3.05) is 0 Å². The highest BCUT2D eigenvalue weighted by Gasteiger charge is 2.32. The van der Waals surface area contributed by atoms with Gasteiger partial charge in [0, 0.05) is 23.8 Å². The predicted octanol–water partition coefficient (Wildman–Crippen LogP) is 7.22. The van der Waals surface area contributed by atoms with Gasteiger partial charge >= 0.3 is 0 Å². The van der Waals surface area contributed by atoms with Gasteiger partial charge in [0.2, 0.25) is 0 Å². The van der Waals surface area contributed by atoms with E-state index in [1.54, 1.807) is 0 Å². The molecular formula is C32H29N3. The van der Waals surface area contributed by atoms with Crippen molar-refractivity contribution < 1.29 is 0 Å². The first-order chi connectivity index (χ1) is 17.1. The number of pyridine rings is 2. The maximum absolute atomic E-state index is 7.26. The highest BCUT2D eigenvalue weighted by atomic mass is 14.8. The van der Waals surface area contributed by atoms with Gasteiger partial charge in [-0.3, -0.25) is 9.97 Å². The highest BCUT2D eigenvalue weighted by molar-refractivity contribution is 6.23. The van der Waals surface area contributed by atoms with Gasteiger partial charge < -0.3 is 5.73 Å². The Bertz CT molecular complexity index is 1610. The second kappa shape index (κ2) is 8.44. The van der Waals surface area contributed by atoms with Crippen LogP contribution in [0.2, 0.25) is 0 Å². The summed E-state index contributed by atoms with van der Waals surface area (Å²) in [6, 6.07) is 28.4. The molecule has 0 spiro atoms. The molecule has 35 heavy (non-hydrogen) atoms. The van der Waals surface area contributed by atoms with Crippen molar-refractivity contribution in [1.29, 1.82) is 0 Å². The summed E-state index contributed by atoms with van der Waals surface area (Å²) in [6.07, 6.45) is 6.41. The van der Waals surface area contributed by atoms with E-state index in [9.17, 15) is 0 Å². The monoisotopic (exact) mass is 455 g/mol. The Kier molecular flexibility index (Phi) is 5.23. The third-order valence-electron chi connectivity index (χ3n) is 7.61. The lowest BCUT2D eigenvalue weighted by molar-refractivity contribution is 0.464. The molecule has 172 valence electrons. The summed E-state index contributed by atoms with van der Waals surface area (Å²) in [5.74, 6) is 0. The maximum atomic E-state index is 7.26. The number of nitrogens with zero attached hydrogens (tertiary/aromatic N) is 2. The Balaban J connectivity index is 1.38. The molecule has 0 aliphatic carbocycles. The van der Waals surface area contributed by atoms with Crippen molar-refractivity contribution in [2.24, 2.45) is 5.73 Å². The van der Waals surface area contributed by atoms with Crippen molar-refractivity contribution in [2.45, 2.75) is 38.6 Å². The predicted molar refractivity (Wildman–Crippen MR) is 146 cm³/mol. The van der Waals surface area contributed by atoms with Crippen molar-refractivity contribution in [1.82, 2.24) is 9.97 Å². The van der Waals surface area contributed by atoms with Gasteiger partial charge in [0.1, 0.15) is 0 Å². The van der Waals surface area contributed by atoms with Crippen LogP contribution in [0.5, 0.6) is 0 Å². The van der Waals surface area contributed by atoms with E-state index in [1.165, 1.54) is 37.9 Å². The first-order valence-corrected chi connectivity index (χ1v) is 12.3. The zero-order valence-corrected chi connectivity index (χ0v) is 20.3. The van der Waals surface area contributed by atoms with Crippen LogP contribution >= 0.6 is 0 Å². The van der Waals surface area contributed by atoms with Crippen LogP contribution < -0.4 is 5.73 Å². The Morgan fingerprint density at radius 2 is 1.23 bits per heavy atom. The highest BCUT2D eigenvalue weighted by Crippen LogP contribution is 2.38. The summed E-state index contributed by atoms with van der Waals surface area (Å²) < 4.78 is 0. The summed E-state index contributed by atoms with van der Waals surface area (Å²) in [5, 5.41) is 8.01. The van der Waals surface area contributed by atoms with E-state index in [0.29, 0.717) is 0 Å². The molecule has 6 rings (SSSR count). The van der Waals surface area contributed by atoms with Crippen LogP contribution in [-0.2, 0) is 12.0 Å². The number of hydrogen-bond donors (Lipinski definition) is 1. The molecule has 0 aliphatic heterocycles. The second-order valence-electron chi connectivity index (χ2n) is 9.68. The molecule has 3 nitrogen and oxygen atoms in total. The lowest BCUT2D eigenvalue weighted by atomic mass is 9.78. The molecule has 0 amide bonds. The largest absolute Gasteiger partial charge is 0.318 e. The standard InChI is InChI=1S/C32H29N3/c1-21-28(10-5-19-34-21)32(33,29-11-6-20-35-22(29)2)18-4-9-23-12-13-26-15-14-24-7-3-8-25-16-17-27(23)31(26)30(24)25/h3,5-8,10-17,19-20H,4,9,18,33H2,1-2H3. The van der Waals surface area contributed by atoms with E-state index in [-0.39, 0.29) is 0 Å². The molecule has 2 heterocycles. The van der Waals surface area contributed by atoms with Gasteiger partial charge in [0.05, 0.1) is 5.54 Å². The molecule has 2 aromatic heterocycles. The lowest BCUT2D eigenvalue weighted by Crippen LogP contribution is -2.40. The summed E-state index contributed by atoms with van der Waals surface area (Å²) in [6.45, 7) is 4.09. The van der Waals surface area contributed by atoms with Crippen molar-refractivity contribution >= 4 is 32.3 Å². The van der Waals surface area contributed by atoms with Crippen LogP contribution in [0.1, 0.15) is 40.9 Å². The Morgan fingerprint density at radius 3 is 1.86 bits per heavy atom. The summed E-state index contributed by atoms with van der Waals surface area (Å²) in [4.78, 5) is 9.11. The molecule has 0 unspecified atom stereocenters. The number of rotatable bonds is 6. The molecule has 0 fully saturated rings. The fraction of sp³-hybridized carbons (Fsp3) is 0.188. The quantitative estimate of drug-likeness (QED) is 0.270. The molecule has 0 saturated carbocycles. The van der Waals surface area contributed by atoms with Gasteiger partial charge in [-0.25, -0.2) is 0 Å². The van der Waals surface area contributed by atoms with Gasteiger partial charge in [-0.15, -0.1) is 0 Å². The third-order valence-corrected chi connectivity index (χ3v) is 7.61. The molecule has 4 aromatic carbocycles. The number of aryl methyl sites for hydroxylation is 3. The van der Waals surface area contributed by atoms with Gasteiger partial charge in [-0.2, -0.15) is 0 Å². The fourth-order valence-electron chi connectivity index (χ4n) is 5.90. The Labute approximate surface area is 206 Å². The smallest absolute Gasteiger partial charge is 0.0701 e. The SMILES string of the molecule is Cc1ncccc1C(N)(CCCc1ccc2ccc3cccc4ccc1c2c34)c1cccnc1C. The van der Waals surface area contributed by atoms with Crippen molar-refractivity contribution in [3.63, 3.8) is 0 Å². The van der Waals surface area contributed by atoms with E-state index in [2.05, 4.69) is 76.7 Å². The molecule has 2 N–H and O–H groups in total. The van der Waals surface area contributed by atoms with E-state index in [4.69, 9.17) is 5.73 Å². The van der Waals surface area contributed by atoms with Crippen LogP contribution in [0, 0.1) is 13.8 Å². The zero-order valence-electron chi connectivity index (χ0n) is 20.3. The Hall–Kier alpha value is -3.82. The minimum absolute atomic E-state index is 0.638. The molecule has 0 aliphatic rings. The molecule has 6 aromatic rings. The molecule has 0 bridgehead atoms. The average molecular weight is 456 g/mol. The van der Waals surface area contributed by atoms with E-state index >= 15 is 0 Å². The molecule has 0 atom stereocenters. The third kappa shape index (κ3) is 3.55. The summed E-state index contributed by atoms with van der Waals surface area (Å²) in [7, 11) is 0. The van der Waals surface area contributed by atoms with Crippen LogP contribution in [0.25, 0.3) is 32.3 Å². The van der Waals surface area contributed by atoms with Gasteiger partial charge in [-0.05, 0) is 94.3 Å². The van der Waals surface area contributed by atoms with Crippen LogP contribution in [0.15, 0.2) is 91.3 Å². The zero-order chi connectivity index (χ0) is 24.0. The second-order valence-corrected chi connectivity index (χ2v) is 9.68. The molecular weight excluding hydrogens is 426 g/mol. The number of benzene rings is 4. The summed E-state index contributed by atoms with van der Waals surface area (Å²) in [5.41, 5.74) is 12.1. The molecule has 0 radical (unpaired) electrons. The van der Waals surface area contributed by atoms with Crippen molar-refractivity contribution in [3.05, 3.63) is 119 Å². The van der Waals surface area contributed by atoms with Crippen LogP contribution in [0.4, 0.5) is 0 Å². The maximum Gasteiger partial charge on any atom is 0.0701 e. The number of aromatic nitrogens is 2. The first kappa shape index (κ1) is 21.7. The Morgan fingerprint density at radius 1 is 0.657 bits per heavy atom. The minimum Gasteiger partial charge on any atom is -0.318 e. The summed E-state index contributed by atoms with van der Waals surface area (Å²) >= 11 is 0. The molecule has 3 heteroatoms. The topological polar surface area (TPSA) is 51.8 Å². The van der Waals surface area contributed by atoms with E-state index in [1.807, 2.05) is 38.4 Å². The van der Waals surface area contributed by atoms with Gasteiger partial charge in [0.15, 0.2) is 0 Å². The van der Waals surface area contributed by atoms with E-state index < -0.39 is 5.54 Å². The van der Waals surface area contributed by atoms with E-state index in [0.717, 1.165) is 41.8 Å². The minimum atomic E-state index is -0.638. The lowest BCUT2D eigenvalue weighted by Gasteiger charge is -2.33. The van der Waals surface area contributed by atoms with Crippen molar-refractivity contribution in [3.8, 4) is 0 Å². The van der Waals surface area contributed by atoms with Crippen LogP contribution in [0.3, 0.4) is 0 Å². The number of nitrogens with two attached hydrogens (primary N) is 1. The normalized spacial score (nSPS) is 12.2. The van der Waals surface area contributed by atoms with Crippen LogP contribution in [-0.4, -0.2) is 9.97 Å². The molecule has 0 saturated heterocycles. The first-order valence-electron chi connectivity index (χ1n) is 12.3. The fourth-order valence-corrected chi connectivity index (χ4v) is 5.90. The van der Waals surface area contributed by atoms with Gasteiger partial charge in [0.25, 0.3) is 0 Å². The number of hydrogen-bond acceptors (Lipinski definition) is 3.